The second kappa shape index (κ2) is 31.5. The number of imide groups is 1. The van der Waals surface area contributed by atoms with Crippen LogP contribution in [0.2, 0.25) is 0 Å². The zero-order valence-electron chi connectivity index (χ0n) is 54.9. The first-order valence-corrected chi connectivity index (χ1v) is 35.1. The highest BCUT2D eigenvalue weighted by Gasteiger charge is 2.56. The SMILES string of the molecule is CCC(c1ccccc1)C(C(=O)NCCCNS(=O)(=O)c1cc(C(=O)c2ccc(C)cc2)c(O)cc1OC)C(CC(c1ccccc1)C1C(=O)N(CCCNS(=O)(=O)c2cc(C(=O)c3ccc(C)cc3)c(O)cc2OC)C(=O)C1CC(c1ccccc1)C1C(=O)OC(=O)C1C)C(=O)O. The number of ether oxygens (including phenoxy) is 3. The number of likely N-dealkylation sites (tertiary alicyclic amines) is 1. The Morgan fingerprint density at radius 2 is 1.04 bits per heavy atom. The molecule has 0 saturated carbocycles. The topological polar surface area (TPSA) is 333 Å². The Kier molecular flexibility index (Phi) is 23.3. The molecule has 9 unspecified atom stereocenters. The van der Waals surface area contributed by atoms with Gasteiger partial charge in [0.2, 0.25) is 37.8 Å². The Bertz CT molecular complexity index is 4350. The van der Waals surface area contributed by atoms with Gasteiger partial charge >= 0.3 is 17.9 Å². The van der Waals surface area contributed by atoms with Crippen LogP contribution >= 0.6 is 0 Å². The maximum atomic E-state index is 15.8. The summed E-state index contributed by atoms with van der Waals surface area (Å²) >= 11 is 0. The minimum atomic E-state index is -4.57. The number of esters is 2. The highest BCUT2D eigenvalue weighted by molar-refractivity contribution is 7.90. The summed E-state index contributed by atoms with van der Waals surface area (Å²) in [5.74, 6) is -19.0. The van der Waals surface area contributed by atoms with E-state index in [9.17, 15) is 56.1 Å². The van der Waals surface area contributed by atoms with E-state index in [1.807, 2.05) is 13.8 Å². The van der Waals surface area contributed by atoms with Crippen molar-refractivity contribution in [2.24, 2.45) is 35.5 Å². The molecule has 2 aliphatic heterocycles. The van der Waals surface area contributed by atoms with Crippen LogP contribution in [0.3, 0.4) is 0 Å². The van der Waals surface area contributed by atoms with Crippen molar-refractivity contribution in [2.75, 3.05) is 40.4 Å². The van der Waals surface area contributed by atoms with Crippen molar-refractivity contribution < 1.29 is 84.7 Å². The van der Waals surface area contributed by atoms with Gasteiger partial charge in [-0.2, -0.15) is 0 Å². The lowest BCUT2D eigenvalue weighted by Crippen LogP contribution is -2.43. The summed E-state index contributed by atoms with van der Waals surface area (Å²) in [6.45, 7) is 5.72. The van der Waals surface area contributed by atoms with Crippen molar-refractivity contribution in [2.45, 2.75) is 87.3 Å². The van der Waals surface area contributed by atoms with Gasteiger partial charge in [0.05, 0.1) is 60.9 Å². The van der Waals surface area contributed by atoms with Crippen molar-refractivity contribution in [3.63, 3.8) is 0 Å². The third-order valence-corrected chi connectivity index (χ3v) is 21.5. The lowest BCUT2D eigenvalue weighted by Gasteiger charge is -2.35. The number of rotatable bonds is 32. The van der Waals surface area contributed by atoms with Crippen LogP contribution in [0.1, 0.15) is 123 Å². The van der Waals surface area contributed by atoms with E-state index in [-0.39, 0.29) is 79.1 Å². The van der Waals surface area contributed by atoms with Gasteiger partial charge in [-0.05, 0) is 92.5 Å². The molecule has 6 N–H and O–H groups in total. The molecule has 0 spiro atoms. The number of sulfonamides is 2. The van der Waals surface area contributed by atoms with Crippen LogP contribution in [-0.4, -0.2) is 125 Å². The molecule has 2 saturated heterocycles. The molecule has 9 rings (SSSR count). The first kappa shape index (κ1) is 72.4. The van der Waals surface area contributed by atoms with Crippen LogP contribution in [0.5, 0.6) is 23.0 Å². The fraction of sp³-hybridized carbons (Fsp3) is 0.324. The number of carboxylic acid groups (broad SMARTS) is 1. The van der Waals surface area contributed by atoms with Crippen LogP contribution in [0.15, 0.2) is 174 Å². The van der Waals surface area contributed by atoms with E-state index in [4.69, 9.17) is 14.2 Å². The Morgan fingerprint density at radius 3 is 1.48 bits per heavy atom. The van der Waals surface area contributed by atoms with Gasteiger partial charge in [0.1, 0.15) is 32.8 Å². The number of aryl methyl sites for hydroxylation is 2. The first-order chi connectivity index (χ1) is 46.8. The summed E-state index contributed by atoms with van der Waals surface area (Å²) in [7, 11) is -6.67. The molecule has 98 heavy (non-hydrogen) atoms. The van der Waals surface area contributed by atoms with E-state index in [1.165, 1.54) is 33.3 Å². The monoisotopic (exact) mass is 1370 g/mol. The molecule has 2 aliphatic rings. The number of hydrogen-bond acceptors (Lipinski definition) is 17. The molecular formula is C74H78N4O18S2. The third kappa shape index (κ3) is 16.1. The van der Waals surface area contributed by atoms with Crippen LogP contribution in [0, 0.1) is 49.4 Å². The summed E-state index contributed by atoms with van der Waals surface area (Å²) in [6, 6.07) is 42.7. The van der Waals surface area contributed by atoms with Crippen molar-refractivity contribution >= 4 is 67.2 Å². The minimum Gasteiger partial charge on any atom is -0.507 e. The molecular weight excluding hydrogens is 1300 g/mol. The van der Waals surface area contributed by atoms with Gasteiger partial charge in [0.25, 0.3) is 0 Å². The van der Waals surface area contributed by atoms with Gasteiger partial charge < -0.3 is 34.8 Å². The molecule has 22 nitrogen and oxygen atoms in total. The predicted octanol–water partition coefficient (Wildman–Crippen LogP) is 9.14. The Labute approximate surface area is 568 Å². The van der Waals surface area contributed by atoms with Crippen LogP contribution in [0.25, 0.3) is 0 Å². The number of methoxy groups -OCH3 is 2. The van der Waals surface area contributed by atoms with Crippen molar-refractivity contribution in [3.05, 3.63) is 214 Å². The Balaban J connectivity index is 1.02. The van der Waals surface area contributed by atoms with Gasteiger partial charge in [-0.3, -0.25) is 43.3 Å². The van der Waals surface area contributed by atoms with Crippen LogP contribution < -0.4 is 24.2 Å². The summed E-state index contributed by atoms with van der Waals surface area (Å²) in [5, 5.41) is 36.3. The number of aromatic hydroxyl groups is 2. The summed E-state index contributed by atoms with van der Waals surface area (Å²) in [4.78, 5) is 115. The van der Waals surface area contributed by atoms with Gasteiger partial charge in [-0.25, -0.2) is 26.3 Å². The number of ketones is 2. The number of amides is 3. The molecule has 7 aromatic carbocycles. The molecule has 0 bridgehead atoms. The summed E-state index contributed by atoms with van der Waals surface area (Å²) in [5.41, 5.74) is 3.05. The Morgan fingerprint density at radius 1 is 0.582 bits per heavy atom. The molecule has 7 aromatic rings. The number of phenols is 2. The smallest absolute Gasteiger partial charge is 0.318 e. The lowest BCUT2D eigenvalue weighted by molar-refractivity contribution is -0.154. The molecule has 0 aliphatic carbocycles. The van der Waals surface area contributed by atoms with Gasteiger partial charge in [-0.1, -0.05) is 165 Å². The lowest BCUT2D eigenvalue weighted by atomic mass is 9.66. The average Bonchev–Trinajstić information content (AvgIpc) is 1.69. The van der Waals surface area contributed by atoms with Gasteiger partial charge in [-0.15, -0.1) is 0 Å². The van der Waals surface area contributed by atoms with E-state index in [1.54, 1.807) is 134 Å². The molecule has 514 valence electrons. The van der Waals surface area contributed by atoms with Crippen LogP contribution in [0.4, 0.5) is 0 Å². The standard InChI is InChI=1S/C74H78N4O18S2/c1-7-51(46-19-11-8-12-20-46)65(69(83)75-33-17-34-76-97(90,91)62-39-54(58(79)41-60(62)94-5)67(81)49-29-25-43(2)26-30-49)57(72(86)87)38-53(48-23-15-10-16-24-48)66-56(37-52(47-21-13-9-14-22-47)64-45(4)73(88)96-74(64)89)70(84)78(71(66)85)36-18-35-77-98(92,93)63-40-55(59(80)42-61(63)95-6)68(82)50-31-27-44(3)28-32-50/h8-16,19-32,39-42,45,51-53,56-57,64-66,76-77,79-80H,7,17-18,33-38H2,1-6H3,(H,75,83)(H,86,87). The second-order valence-corrected chi connectivity index (χ2v) is 28.1. The molecule has 3 amide bonds. The molecule has 24 heteroatoms. The number of benzene rings is 7. The largest absolute Gasteiger partial charge is 0.507 e. The number of nitrogens with one attached hydrogen (secondary N) is 3. The number of hydrogen-bond donors (Lipinski definition) is 6. The zero-order valence-corrected chi connectivity index (χ0v) is 56.5. The van der Waals surface area contributed by atoms with Gasteiger partial charge in [0.15, 0.2) is 11.6 Å². The number of carboxylic acids is 1. The molecule has 0 radical (unpaired) electrons. The molecule has 0 aromatic heterocycles. The minimum absolute atomic E-state index is 0.0415. The second-order valence-electron chi connectivity index (χ2n) is 24.6. The number of carbonyl (C=O) groups excluding carboxylic acids is 7. The number of aliphatic carboxylic acids is 1. The molecule has 2 fully saturated rings. The molecule has 9 atom stereocenters. The highest BCUT2D eigenvalue weighted by Crippen LogP contribution is 2.50. The van der Waals surface area contributed by atoms with E-state index < -0.39 is 155 Å². The zero-order chi connectivity index (χ0) is 70.8. The molecule has 2 heterocycles. The highest BCUT2D eigenvalue weighted by atomic mass is 32.2. The summed E-state index contributed by atoms with van der Waals surface area (Å²) in [6.07, 6.45) is -0.684. The fourth-order valence-corrected chi connectivity index (χ4v) is 15.9. The number of nitrogens with zero attached hydrogens (tertiary/aromatic N) is 1. The normalized spacial score (nSPS) is 17.9. The van der Waals surface area contributed by atoms with Gasteiger partial charge in [0, 0.05) is 49.4 Å². The van der Waals surface area contributed by atoms with E-state index in [0.29, 0.717) is 16.7 Å². The number of phenolic OH excluding ortho intramolecular Hbond substituents is 2. The first-order valence-electron chi connectivity index (χ1n) is 32.1. The summed E-state index contributed by atoms with van der Waals surface area (Å²) < 4.78 is 77.1. The van der Waals surface area contributed by atoms with Crippen molar-refractivity contribution in [1.29, 1.82) is 0 Å². The van der Waals surface area contributed by atoms with Crippen molar-refractivity contribution in [1.82, 2.24) is 19.7 Å². The maximum Gasteiger partial charge on any atom is 0.318 e. The quantitative estimate of drug-likeness (QED) is 0.00752. The number of cyclic esters (lactones) is 2. The van der Waals surface area contributed by atoms with E-state index in [2.05, 4.69) is 14.8 Å². The number of carbonyl (C=O) groups is 8. The maximum absolute atomic E-state index is 15.8. The van der Waals surface area contributed by atoms with Crippen molar-refractivity contribution in [3.8, 4) is 23.0 Å². The average molecular weight is 1380 g/mol. The third-order valence-electron chi connectivity index (χ3n) is 18.5. The fourth-order valence-electron chi connectivity index (χ4n) is 13.4. The van der Waals surface area contributed by atoms with E-state index in [0.717, 1.165) is 40.3 Å². The Hall–Kier alpha value is -9.88. The van der Waals surface area contributed by atoms with E-state index >= 15 is 14.4 Å². The predicted molar refractivity (Wildman–Crippen MR) is 360 cm³/mol. The van der Waals surface area contributed by atoms with Crippen LogP contribution in [-0.2, 0) is 53.6 Å².